The first kappa shape index (κ1) is 13.0. The van der Waals surface area contributed by atoms with Crippen LogP contribution in [0, 0.1) is 0 Å². The minimum Gasteiger partial charge on any atom is -0.465 e. The number of carbonyl (C=O) groups excluding carboxylic acids is 1. The van der Waals surface area contributed by atoms with Gasteiger partial charge in [-0.15, -0.1) is 0 Å². The second-order valence-electron chi connectivity index (χ2n) is 3.17. The zero-order chi connectivity index (χ0) is 12.0. The first-order valence-corrected chi connectivity index (χ1v) is 6.05. The molecule has 0 aliphatic carbocycles. The summed E-state index contributed by atoms with van der Waals surface area (Å²) in [6.45, 7) is 3.82. The molecule has 0 saturated carbocycles. The molecular formula is C11H15NO3S. The van der Waals surface area contributed by atoms with Gasteiger partial charge in [0.15, 0.2) is 0 Å². The molecule has 1 aromatic heterocycles. The van der Waals surface area contributed by atoms with Crippen molar-refractivity contribution < 1.29 is 14.6 Å². The fraction of sp³-hybridized carbons (Fsp3) is 0.455. The Hall–Kier alpha value is -1.07. The molecule has 0 saturated heterocycles. The molecule has 1 N–H and O–H groups in total. The van der Waals surface area contributed by atoms with Gasteiger partial charge in [0.2, 0.25) is 0 Å². The molecule has 1 unspecified atom stereocenters. The van der Waals surface area contributed by atoms with Crippen LogP contribution in [0.2, 0.25) is 0 Å². The molecule has 0 spiro atoms. The van der Waals surface area contributed by atoms with E-state index in [1.165, 1.54) is 11.8 Å². The van der Waals surface area contributed by atoms with E-state index in [0.29, 0.717) is 11.6 Å². The number of carbonyl (C=O) groups is 1. The lowest BCUT2D eigenvalue weighted by Crippen LogP contribution is -2.07. The van der Waals surface area contributed by atoms with Crippen LogP contribution in [-0.4, -0.2) is 28.4 Å². The smallest absolute Gasteiger partial charge is 0.316 e. The molecule has 1 heterocycles. The standard InChI is InChI=1S/C11H15NO3S/c1-3-15-10(14)7-16-11-9(8(2)13)5-4-6-12-11/h4-6,8,13H,3,7H2,1-2H3. The number of nitrogens with zero attached hydrogens (tertiary/aromatic N) is 1. The third-order valence-corrected chi connectivity index (χ3v) is 2.88. The average Bonchev–Trinajstić information content (AvgIpc) is 2.27. The predicted molar refractivity (Wildman–Crippen MR) is 62.2 cm³/mol. The number of thioether (sulfide) groups is 1. The highest BCUT2D eigenvalue weighted by atomic mass is 32.2. The van der Waals surface area contributed by atoms with Crippen molar-refractivity contribution in [1.29, 1.82) is 0 Å². The number of aromatic nitrogens is 1. The number of hydrogen-bond acceptors (Lipinski definition) is 5. The lowest BCUT2D eigenvalue weighted by molar-refractivity contribution is -0.139. The van der Waals surface area contributed by atoms with E-state index in [1.54, 1.807) is 32.2 Å². The van der Waals surface area contributed by atoms with Crippen molar-refractivity contribution in [3.8, 4) is 0 Å². The monoisotopic (exact) mass is 241 g/mol. The Morgan fingerprint density at radius 3 is 3.06 bits per heavy atom. The minimum atomic E-state index is -0.585. The van der Waals surface area contributed by atoms with Crippen molar-refractivity contribution in [2.24, 2.45) is 0 Å². The lowest BCUT2D eigenvalue weighted by atomic mass is 10.2. The molecule has 1 atom stereocenters. The molecule has 0 aliphatic rings. The van der Waals surface area contributed by atoms with Crippen LogP contribution >= 0.6 is 11.8 Å². The highest BCUT2D eigenvalue weighted by molar-refractivity contribution is 7.99. The Kier molecular flexibility index (Phi) is 5.28. The van der Waals surface area contributed by atoms with Gasteiger partial charge in [0.25, 0.3) is 0 Å². The van der Waals surface area contributed by atoms with Gasteiger partial charge in [-0.1, -0.05) is 17.8 Å². The van der Waals surface area contributed by atoms with Crippen LogP contribution in [0.4, 0.5) is 0 Å². The molecule has 1 aromatic rings. The largest absolute Gasteiger partial charge is 0.465 e. The maximum Gasteiger partial charge on any atom is 0.316 e. The SMILES string of the molecule is CCOC(=O)CSc1ncccc1C(C)O. The molecule has 0 aliphatic heterocycles. The molecule has 4 nitrogen and oxygen atoms in total. The summed E-state index contributed by atoms with van der Waals surface area (Å²) >= 11 is 1.28. The summed E-state index contributed by atoms with van der Waals surface area (Å²) in [5, 5.41) is 10.2. The van der Waals surface area contributed by atoms with E-state index in [-0.39, 0.29) is 11.7 Å². The van der Waals surface area contributed by atoms with Crippen LogP contribution in [-0.2, 0) is 9.53 Å². The number of ether oxygens (including phenoxy) is 1. The first-order chi connectivity index (χ1) is 7.65. The van der Waals surface area contributed by atoms with E-state index in [4.69, 9.17) is 4.74 Å². The maximum absolute atomic E-state index is 11.2. The summed E-state index contributed by atoms with van der Waals surface area (Å²) < 4.78 is 4.81. The van der Waals surface area contributed by atoms with Crippen LogP contribution in [0.15, 0.2) is 23.4 Å². The van der Waals surface area contributed by atoms with Gasteiger partial charge in [0.05, 0.1) is 18.5 Å². The van der Waals surface area contributed by atoms with E-state index in [0.717, 1.165) is 5.56 Å². The molecule has 88 valence electrons. The Balaban J connectivity index is 2.63. The topological polar surface area (TPSA) is 59.4 Å². The van der Waals surface area contributed by atoms with Crippen LogP contribution in [0.25, 0.3) is 0 Å². The minimum absolute atomic E-state index is 0.213. The number of esters is 1. The molecular weight excluding hydrogens is 226 g/mol. The predicted octanol–water partition coefficient (Wildman–Crippen LogP) is 1.79. The number of aliphatic hydroxyl groups excluding tert-OH is 1. The van der Waals surface area contributed by atoms with E-state index in [1.807, 2.05) is 0 Å². The summed E-state index contributed by atoms with van der Waals surface area (Å²) in [5.74, 6) is -0.0559. The third kappa shape index (κ3) is 3.83. The fourth-order valence-electron chi connectivity index (χ4n) is 1.17. The van der Waals surface area contributed by atoms with Gasteiger partial charge in [0, 0.05) is 11.8 Å². The highest BCUT2D eigenvalue weighted by Gasteiger charge is 2.11. The number of rotatable bonds is 5. The molecule has 0 radical (unpaired) electrons. The van der Waals surface area contributed by atoms with Gasteiger partial charge < -0.3 is 9.84 Å². The summed E-state index contributed by atoms with van der Waals surface area (Å²) in [6.07, 6.45) is 1.05. The summed E-state index contributed by atoms with van der Waals surface area (Å²) in [5.41, 5.74) is 0.733. The molecule has 0 aromatic carbocycles. The number of pyridine rings is 1. The normalized spacial score (nSPS) is 12.2. The van der Waals surface area contributed by atoms with Gasteiger partial charge in [-0.2, -0.15) is 0 Å². The molecule has 16 heavy (non-hydrogen) atoms. The van der Waals surface area contributed by atoms with Crippen LogP contribution in [0.1, 0.15) is 25.5 Å². The summed E-state index contributed by atoms with van der Waals surface area (Å²) in [6, 6.07) is 3.56. The molecule has 0 fully saturated rings. The lowest BCUT2D eigenvalue weighted by Gasteiger charge is -2.09. The van der Waals surface area contributed by atoms with Crippen molar-refractivity contribution in [2.45, 2.75) is 25.0 Å². The number of aliphatic hydroxyl groups is 1. The molecule has 0 bridgehead atoms. The third-order valence-electron chi connectivity index (χ3n) is 1.88. The van der Waals surface area contributed by atoms with E-state index < -0.39 is 6.10 Å². The van der Waals surface area contributed by atoms with Crippen molar-refractivity contribution in [3.63, 3.8) is 0 Å². The van der Waals surface area contributed by atoms with Crippen molar-refractivity contribution in [3.05, 3.63) is 23.9 Å². The molecule has 0 amide bonds. The Morgan fingerprint density at radius 1 is 1.69 bits per heavy atom. The summed E-state index contributed by atoms with van der Waals surface area (Å²) in [4.78, 5) is 15.3. The van der Waals surface area contributed by atoms with Crippen molar-refractivity contribution in [1.82, 2.24) is 4.98 Å². The number of hydrogen-bond donors (Lipinski definition) is 1. The second-order valence-corrected chi connectivity index (χ2v) is 4.13. The van der Waals surface area contributed by atoms with Crippen LogP contribution in [0.5, 0.6) is 0 Å². The maximum atomic E-state index is 11.2. The Labute approximate surface area is 99.0 Å². The Morgan fingerprint density at radius 2 is 2.44 bits per heavy atom. The zero-order valence-electron chi connectivity index (χ0n) is 9.34. The second kappa shape index (κ2) is 6.50. The first-order valence-electron chi connectivity index (χ1n) is 5.06. The molecule has 1 rings (SSSR count). The van der Waals surface area contributed by atoms with E-state index >= 15 is 0 Å². The fourth-order valence-corrected chi connectivity index (χ4v) is 2.05. The summed E-state index contributed by atoms with van der Waals surface area (Å²) in [7, 11) is 0. The van der Waals surface area contributed by atoms with E-state index in [9.17, 15) is 9.90 Å². The van der Waals surface area contributed by atoms with Gasteiger partial charge in [-0.3, -0.25) is 4.79 Å². The van der Waals surface area contributed by atoms with Crippen molar-refractivity contribution >= 4 is 17.7 Å². The zero-order valence-corrected chi connectivity index (χ0v) is 10.2. The van der Waals surface area contributed by atoms with Gasteiger partial charge >= 0.3 is 5.97 Å². The highest BCUT2D eigenvalue weighted by Crippen LogP contribution is 2.24. The van der Waals surface area contributed by atoms with Crippen LogP contribution < -0.4 is 0 Å². The molecule has 5 heteroatoms. The Bertz CT molecular complexity index is 355. The van der Waals surface area contributed by atoms with Gasteiger partial charge in [0.1, 0.15) is 5.03 Å². The quantitative estimate of drug-likeness (QED) is 0.629. The van der Waals surface area contributed by atoms with Crippen LogP contribution in [0.3, 0.4) is 0 Å². The van der Waals surface area contributed by atoms with Crippen molar-refractivity contribution in [2.75, 3.05) is 12.4 Å². The van der Waals surface area contributed by atoms with Gasteiger partial charge in [-0.05, 0) is 19.9 Å². The average molecular weight is 241 g/mol. The van der Waals surface area contributed by atoms with E-state index in [2.05, 4.69) is 4.98 Å². The van der Waals surface area contributed by atoms with Gasteiger partial charge in [-0.25, -0.2) is 4.98 Å².